The highest BCUT2D eigenvalue weighted by Crippen LogP contribution is 2.23. The van der Waals surface area contributed by atoms with Gasteiger partial charge in [-0.25, -0.2) is 18.1 Å². The van der Waals surface area contributed by atoms with Gasteiger partial charge in [-0.3, -0.25) is 0 Å². The third kappa shape index (κ3) is 3.85. The predicted molar refractivity (Wildman–Crippen MR) is 80.1 cm³/mol. The summed E-state index contributed by atoms with van der Waals surface area (Å²) >= 11 is 6.02. The summed E-state index contributed by atoms with van der Waals surface area (Å²) in [4.78, 5) is 7.83. The standard InChI is InChI=1S/C12H15ClN4O3S/c1-3-4-14-11-10(13)5-9(6-15-11)21(18,19)17-12-16-8(2)7-20-12/h5-7H,3-4H2,1-2H3,(H,14,15)(H,16,17). The van der Waals surface area contributed by atoms with E-state index in [1.165, 1.54) is 18.5 Å². The maximum Gasteiger partial charge on any atom is 0.309 e. The molecule has 0 fully saturated rings. The van der Waals surface area contributed by atoms with Crippen LogP contribution in [0.15, 0.2) is 27.8 Å². The predicted octanol–water partition coefficient (Wildman–Crippen LogP) is 2.65. The summed E-state index contributed by atoms with van der Waals surface area (Å²) in [5.74, 6) is 0.449. The van der Waals surface area contributed by atoms with Gasteiger partial charge in [-0.1, -0.05) is 18.5 Å². The van der Waals surface area contributed by atoms with Gasteiger partial charge in [-0.05, 0) is 19.4 Å². The van der Waals surface area contributed by atoms with Crippen molar-refractivity contribution in [3.05, 3.63) is 29.2 Å². The molecule has 2 aromatic rings. The van der Waals surface area contributed by atoms with E-state index in [1.54, 1.807) is 6.92 Å². The molecule has 114 valence electrons. The lowest BCUT2D eigenvalue weighted by Crippen LogP contribution is -2.14. The van der Waals surface area contributed by atoms with E-state index in [0.29, 0.717) is 18.1 Å². The van der Waals surface area contributed by atoms with Crippen molar-refractivity contribution in [1.82, 2.24) is 9.97 Å². The van der Waals surface area contributed by atoms with Gasteiger partial charge in [0.15, 0.2) is 0 Å². The Morgan fingerprint density at radius 2 is 2.19 bits per heavy atom. The number of aromatic nitrogens is 2. The Balaban J connectivity index is 2.22. The van der Waals surface area contributed by atoms with Crippen LogP contribution < -0.4 is 10.0 Å². The van der Waals surface area contributed by atoms with Crippen molar-refractivity contribution in [1.29, 1.82) is 0 Å². The van der Waals surface area contributed by atoms with Crippen LogP contribution in [0.3, 0.4) is 0 Å². The molecule has 7 nitrogen and oxygen atoms in total. The number of nitrogens with one attached hydrogen (secondary N) is 2. The van der Waals surface area contributed by atoms with Crippen LogP contribution in [-0.2, 0) is 10.0 Å². The minimum absolute atomic E-state index is 0.0644. The first-order chi connectivity index (χ1) is 9.92. The molecule has 0 unspecified atom stereocenters. The second-order valence-corrected chi connectivity index (χ2v) is 6.42. The Bertz CT molecular complexity index is 730. The van der Waals surface area contributed by atoms with Crippen molar-refractivity contribution in [2.45, 2.75) is 25.2 Å². The van der Waals surface area contributed by atoms with Crippen molar-refractivity contribution in [3.63, 3.8) is 0 Å². The van der Waals surface area contributed by atoms with Gasteiger partial charge in [0.25, 0.3) is 10.0 Å². The van der Waals surface area contributed by atoms with Crippen molar-refractivity contribution in [2.75, 3.05) is 16.6 Å². The van der Waals surface area contributed by atoms with E-state index in [2.05, 4.69) is 20.0 Å². The fourth-order valence-electron chi connectivity index (χ4n) is 1.52. The highest BCUT2D eigenvalue weighted by atomic mass is 35.5. The van der Waals surface area contributed by atoms with Gasteiger partial charge in [0.2, 0.25) is 0 Å². The third-order valence-electron chi connectivity index (χ3n) is 2.51. The van der Waals surface area contributed by atoms with Gasteiger partial charge >= 0.3 is 6.01 Å². The Kier molecular flexibility index (Phi) is 4.69. The van der Waals surface area contributed by atoms with Crippen LogP contribution in [-0.4, -0.2) is 24.9 Å². The molecule has 0 aliphatic carbocycles. The normalized spacial score (nSPS) is 11.4. The molecule has 2 N–H and O–H groups in total. The van der Waals surface area contributed by atoms with Crippen LogP contribution in [0.25, 0.3) is 0 Å². The highest BCUT2D eigenvalue weighted by Gasteiger charge is 2.19. The summed E-state index contributed by atoms with van der Waals surface area (Å²) in [5.41, 5.74) is 0.572. The van der Waals surface area contributed by atoms with E-state index in [1.807, 2.05) is 6.92 Å². The Hall–Kier alpha value is -1.80. The SMILES string of the molecule is CCCNc1ncc(S(=O)(=O)Nc2nc(C)co2)cc1Cl. The molecule has 9 heteroatoms. The molecule has 0 aromatic carbocycles. The number of hydrogen-bond acceptors (Lipinski definition) is 6. The minimum Gasteiger partial charge on any atom is -0.431 e. The van der Waals surface area contributed by atoms with Crippen molar-refractivity contribution in [2.24, 2.45) is 0 Å². The molecule has 0 bridgehead atoms. The Morgan fingerprint density at radius 3 is 2.76 bits per heavy atom. The van der Waals surface area contributed by atoms with Crippen LogP contribution in [0.4, 0.5) is 11.8 Å². The van der Waals surface area contributed by atoms with E-state index >= 15 is 0 Å². The van der Waals surface area contributed by atoms with Crippen molar-refractivity contribution >= 4 is 33.5 Å². The number of pyridine rings is 1. The van der Waals surface area contributed by atoms with Gasteiger partial charge < -0.3 is 9.73 Å². The fourth-order valence-corrected chi connectivity index (χ4v) is 2.72. The van der Waals surface area contributed by atoms with Gasteiger partial charge in [0.05, 0.1) is 10.7 Å². The second kappa shape index (κ2) is 6.31. The van der Waals surface area contributed by atoms with Crippen LogP contribution in [0.5, 0.6) is 0 Å². The molecule has 0 radical (unpaired) electrons. The minimum atomic E-state index is -3.84. The van der Waals surface area contributed by atoms with Crippen LogP contribution in [0.2, 0.25) is 5.02 Å². The molecular weight excluding hydrogens is 316 g/mol. The number of anilines is 2. The molecule has 2 rings (SSSR count). The lowest BCUT2D eigenvalue weighted by atomic mass is 10.4. The first-order valence-corrected chi connectivity index (χ1v) is 8.13. The molecule has 21 heavy (non-hydrogen) atoms. The molecule has 2 aromatic heterocycles. The lowest BCUT2D eigenvalue weighted by Gasteiger charge is -2.08. The lowest BCUT2D eigenvalue weighted by molar-refractivity contribution is 0.569. The summed E-state index contributed by atoms with van der Waals surface area (Å²) in [5, 5.41) is 3.24. The van der Waals surface area contributed by atoms with E-state index in [4.69, 9.17) is 16.0 Å². The number of oxazole rings is 1. The molecule has 2 heterocycles. The average Bonchev–Trinajstić information content (AvgIpc) is 2.82. The second-order valence-electron chi connectivity index (χ2n) is 4.33. The molecular formula is C12H15ClN4O3S. The summed E-state index contributed by atoms with van der Waals surface area (Å²) in [6.45, 7) is 4.39. The maximum absolute atomic E-state index is 12.2. The highest BCUT2D eigenvalue weighted by molar-refractivity contribution is 7.92. The van der Waals surface area contributed by atoms with E-state index in [9.17, 15) is 8.42 Å². The van der Waals surface area contributed by atoms with Gasteiger partial charge in [0, 0.05) is 12.7 Å². The number of rotatable bonds is 6. The molecule has 0 amide bonds. The van der Waals surface area contributed by atoms with E-state index < -0.39 is 10.0 Å². The zero-order chi connectivity index (χ0) is 15.5. The summed E-state index contributed by atoms with van der Waals surface area (Å²) < 4.78 is 31.5. The van der Waals surface area contributed by atoms with Crippen LogP contribution in [0, 0.1) is 6.92 Å². The quantitative estimate of drug-likeness (QED) is 0.845. The van der Waals surface area contributed by atoms with E-state index in [-0.39, 0.29) is 15.9 Å². The first-order valence-electron chi connectivity index (χ1n) is 6.26. The number of sulfonamides is 1. The average molecular weight is 331 g/mol. The number of halogens is 1. The van der Waals surface area contributed by atoms with Gasteiger partial charge in [0.1, 0.15) is 17.0 Å². The van der Waals surface area contributed by atoms with Gasteiger partial charge in [-0.15, -0.1) is 0 Å². The Morgan fingerprint density at radius 1 is 1.43 bits per heavy atom. The molecule has 0 saturated heterocycles. The summed E-state index contributed by atoms with van der Waals surface area (Å²) in [6, 6.07) is 1.22. The first kappa shape index (κ1) is 15.6. The number of aryl methyl sites for hydroxylation is 1. The smallest absolute Gasteiger partial charge is 0.309 e. The van der Waals surface area contributed by atoms with Crippen LogP contribution in [0.1, 0.15) is 19.0 Å². The molecule has 0 spiro atoms. The van der Waals surface area contributed by atoms with Crippen molar-refractivity contribution in [3.8, 4) is 0 Å². The van der Waals surface area contributed by atoms with E-state index in [0.717, 1.165) is 6.42 Å². The summed E-state index contributed by atoms with van der Waals surface area (Å²) in [6.07, 6.45) is 3.48. The Labute approximate surface area is 127 Å². The summed E-state index contributed by atoms with van der Waals surface area (Å²) in [7, 11) is -3.84. The number of nitrogens with zero attached hydrogens (tertiary/aromatic N) is 2. The molecule has 0 aliphatic rings. The van der Waals surface area contributed by atoms with Gasteiger partial charge in [-0.2, -0.15) is 4.98 Å². The van der Waals surface area contributed by atoms with Crippen LogP contribution >= 0.6 is 11.6 Å². The zero-order valence-corrected chi connectivity index (χ0v) is 13.1. The zero-order valence-electron chi connectivity index (χ0n) is 11.6. The number of hydrogen-bond donors (Lipinski definition) is 2. The fraction of sp³-hybridized carbons (Fsp3) is 0.333. The largest absolute Gasteiger partial charge is 0.431 e. The maximum atomic E-state index is 12.2. The molecule has 0 atom stereocenters. The van der Waals surface area contributed by atoms with Crippen molar-refractivity contribution < 1.29 is 12.8 Å². The molecule has 0 aliphatic heterocycles. The monoisotopic (exact) mass is 330 g/mol. The third-order valence-corrected chi connectivity index (χ3v) is 4.08. The molecule has 0 saturated carbocycles. The topological polar surface area (TPSA) is 97.1 Å².